The Bertz CT molecular complexity index is 4270. The molecule has 0 aromatic heterocycles. The maximum Gasteiger partial charge on any atom is 0.201 e. The van der Waals surface area contributed by atoms with Crippen LogP contribution in [0.3, 0.4) is 0 Å². The Labute approximate surface area is 830 Å². The monoisotopic (exact) mass is 2230 g/mol. The molecule has 0 aliphatic heterocycles. The van der Waals surface area contributed by atoms with Gasteiger partial charge in [-0.1, -0.05) is 406 Å². The normalized spacial score (nSPS) is 10.5. The van der Waals surface area contributed by atoms with Crippen molar-refractivity contribution in [3.63, 3.8) is 0 Å². The van der Waals surface area contributed by atoms with Crippen molar-refractivity contribution in [2.75, 3.05) is 0 Å². The lowest BCUT2D eigenvalue weighted by Crippen LogP contribution is -1.88. The molecule has 0 aliphatic carbocycles. The second-order valence-corrected chi connectivity index (χ2v) is 41.6. The highest BCUT2D eigenvalue weighted by atomic mass is 79.9. The minimum Gasteiger partial charge on any atom is -0.237 e. The van der Waals surface area contributed by atoms with Crippen LogP contribution in [0.5, 0.6) is 0 Å². The minimum atomic E-state index is -0.335. The summed E-state index contributed by atoms with van der Waals surface area (Å²) in [5.41, 5.74) is 21.8. The van der Waals surface area contributed by atoms with Gasteiger partial charge in [-0.05, 0) is 322 Å². The van der Waals surface area contributed by atoms with E-state index in [1.165, 1.54) is 86.2 Å². The van der Waals surface area contributed by atoms with Gasteiger partial charge in [-0.25, -0.2) is 13.6 Å². The van der Waals surface area contributed by atoms with Crippen molar-refractivity contribution >= 4 is 187 Å². The quantitative estimate of drug-likeness (QED) is 0.0898. The molecule has 0 aliphatic rings. The first-order valence-corrected chi connectivity index (χ1v) is 49.1. The zero-order chi connectivity index (χ0) is 94.2. The van der Waals surface area contributed by atoms with Crippen LogP contribution in [-0.2, 0) is 0 Å². The molecule has 1 nitrogen and oxygen atoms in total. The van der Waals surface area contributed by atoms with Gasteiger partial charge in [0.1, 0.15) is 11.6 Å². The van der Waals surface area contributed by atoms with Gasteiger partial charge in [-0.2, -0.15) is 0 Å². The highest BCUT2D eigenvalue weighted by Crippen LogP contribution is 2.33. The molecule has 123 heavy (non-hydrogen) atoms. The van der Waals surface area contributed by atoms with E-state index >= 15 is 0 Å². The summed E-state index contributed by atoms with van der Waals surface area (Å²) in [7, 11) is 0. The molecule has 0 fully saturated rings. The van der Waals surface area contributed by atoms with Gasteiger partial charge in [-0.15, -0.1) is 6.42 Å². The molecule has 0 saturated carbocycles. The van der Waals surface area contributed by atoms with Crippen molar-refractivity contribution in [1.29, 1.82) is 0 Å². The SMILES string of the molecule is C#Cc1cc(C(C)C)ccc1Br.CC(C)c1ccc(Br)c(Cl)c1.CC(C)c1ccc(Br)c(F)c1.CC(C)c1ccc(Cl)c(Cl)c1.CC(C)c1ccc(Cl)c(F)c1.Cc1cc(C(C)C)ccc1Br.Cc1cc(C(C)C)ccc1Br.Cc1cc(C(C)C)ccc1Br.Cc1cc(C(C)C)ccc1Cl.Cc1cc(C(C)C)ccc1Cl.[C-]#[N+]c1cc(C(C)C)ccc1Br. The molecule has 11 rings (SSSR count). The first-order chi connectivity index (χ1) is 57.3. The summed E-state index contributed by atoms with van der Waals surface area (Å²) >= 11 is 58.4. The molecular weight excluding hydrogens is 2110 g/mol. The smallest absolute Gasteiger partial charge is 0.201 e. The van der Waals surface area contributed by atoms with E-state index in [0.29, 0.717) is 85.3 Å². The van der Waals surface area contributed by atoms with Crippen LogP contribution < -0.4 is 0 Å². The largest absolute Gasteiger partial charge is 0.237 e. The summed E-state index contributed by atoms with van der Waals surface area (Å²) in [6.07, 6.45) is 5.34. The molecule has 0 saturated heterocycles. The average molecular weight is 2240 g/mol. The lowest BCUT2D eigenvalue weighted by molar-refractivity contribution is 0.616. The third-order valence-electron chi connectivity index (χ3n) is 19.3. The summed E-state index contributed by atoms with van der Waals surface area (Å²) in [6.45, 7) is 64.6. The van der Waals surface area contributed by atoms with Crippen molar-refractivity contribution in [3.05, 3.63) is 379 Å². The Morgan fingerprint density at radius 2 is 0.472 bits per heavy atom. The fraction of sp³-hybridized carbons (Fsp3) is 0.355. The number of hydrogen-bond acceptors (Lipinski definition) is 0. The number of halogens is 15. The molecule has 0 amide bonds. The summed E-state index contributed by atoms with van der Waals surface area (Å²) < 4.78 is 32.7. The number of aryl methyl sites for hydroxylation is 5. The maximum absolute atomic E-state index is 12.9. The van der Waals surface area contributed by atoms with Gasteiger partial charge in [0.2, 0.25) is 5.69 Å². The van der Waals surface area contributed by atoms with E-state index in [1.54, 1.807) is 18.2 Å². The van der Waals surface area contributed by atoms with Gasteiger partial charge >= 0.3 is 0 Å². The van der Waals surface area contributed by atoms with E-state index in [1.807, 2.05) is 120 Å². The molecule has 16 heteroatoms. The van der Waals surface area contributed by atoms with Crippen molar-refractivity contribution in [2.24, 2.45) is 0 Å². The summed E-state index contributed by atoms with van der Waals surface area (Å²) in [4.78, 5) is 3.42. The first-order valence-electron chi connectivity index (χ1n) is 41.3. The Balaban J connectivity index is 0.000000677. The molecular formula is C107H126Br7Cl6F2N. The van der Waals surface area contributed by atoms with E-state index in [9.17, 15) is 8.78 Å². The third-order valence-corrected chi connectivity index (χ3v) is 27.1. The van der Waals surface area contributed by atoms with Crippen molar-refractivity contribution in [2.45, 2.75) is 252 Å². The molecule has 0 atom stereocenters. The van der Waals surface area contributed by atoms with E-state index in [2.05, 4.69) is 365 Å². The predicted molar refractivity (Wildman–Crippen MR) is 568 cm³/mol. The standard InChI is InChI=1S/C11H11Br.C10H10BrN.3C10H13Br.2C10H13Cl.C9H10BrCl.C9H10BrF.C9H10Cl2.C9H10ClF/c1-4-9-7-10(8(2)3)5-6-11(9)12;1-7(2)8-4-5-9(11)10(6-8)12-3;5*1-7(2)9-4-5-10(11)8(3)6-9;4*1-6(2)7-3-4-8(10)9(11)5-7/h1,5-8H,2-3H3;4-7H,1-2H3;5*4-7H,1-3H3;4*3-6H,1-2H3. The van der Waals surface area contributed by atoms with Crippen LogP contribution in [0, 0.1) is 65.2 Å². The average Bonchev–Trinajstić information content (AvgIpc) is 0.854. The van der Waals surface area contributed by atoms with Crippen molar-refractivity contribution in [3.8, 4) is 12.3 Å². The number of nitrogens with zero attached hydrogens (tertiary/aromatic N) is 1. The van der Waals surface area contributed by atoms with E-state index in [0.717, 1.165) is 56.3 Å². The van der Waals surface area contributed by atoms with Crippen LogP contribution in [0.1, 0.15) is 312 Å². The Kier molecular flexibility index (Phi) is 57.1. The zero-order valence-electron chi connectivity index (χ0n) is 76.6. The number of rotatable bonds is 11. The third kappa shape index (κ3) is 45.0. The van der Waals surface area contributed by atoms with Gasteiger partial charge in [-0.3, -0.25) is 0 Å². The Morgan fingerprint density at radius 1 is 0.244 bits per heavy atom. The van der Waals surface area contributed by atoms with Crippen molar-refractivity contribution in [1.82, 2.24) is 0 Å². The predicted octanol–water partition coefficient (Wildman–Crippen LogP) is 42.5. The van der Waals surface area contributed by atoms with Gasteiger partial charge < -0.3 is 0 Å². The second-order valence-electron chi connectivity index (χ2n) is 33.1. The molecule has 0 radical (unpaired) electrons. The zero-order valence-corrected chi connectivity index (χ0v) is 92.2. The fourth-order valence-corrected chi connectivity index (χ4v) is 13.4. The Morgan fingerprint density at radius 3 is 0.740 bits per heavy atom. The van der Waals surface area contributed by atoms with Crippen molar-refractivity contribution < 1.29 is 8.78 Å². The number of hydrogen-bond donors (Lipinski definition) is 0. The first kappa shape index (κ1) is 116. The molecule has 0 spiro atoms. The van der Waals surface area contributed by atoms with Gasteiger partial charge in [0.25, 0.3) is 0 Å². The van der Waals surface area contributed by atoms with E-state index in [4.69, 9.17) is 82.6 Å². The molecule has 0 unspecified atom stereocenters. The Hall–Kier alpha value is -4.57. The minimum absolute atomic E-state index is 0.184. The van der Waals surface area contributed by atoms with E-state index in [-0.39, 0.29) is 16.7 Å². The lowest BCUT2D eigenvalue weighted by atomic mass is 10.0. The van der Waals surface area contributed by atoms with Crippen LogP contribution in [0.25, 0.3) is 4.85 Å². The van der Waals surface area contributed by atoms with Crippen LogP contribution in [-0.4, -0.2) is 0 Å². The van der Waals surface area contributed by atoms with Gasteiger partial charge in [0.05, 0.1) is 31.1 Å². The molecule has 0 heterocycles. The maximum atomic E-state index is 12.9. The second kappa shape index (κ2) is 60.3. The highest BCUT2D eigenvalue weighted by molar-refractivity contribution is 9.11. The van der Waals surface area contributed by atoms with Crippen LogP contribution in [0.15, 0.2) is 231 Å². The van der Waals surface area contributed by atoms with Gasteiger partial charge in [0, 0.05) is 42.4 Å². The van der Waals surface area contributed by atoms with Crippen LogP contribution in [0.2, 0.25) is 30.1 Å². The van der Waals surface area contributed by atoms with Crippen LogP contribution in [0.4, 0.5) is 14.5 Å². The summed E-state index contributed by atoms with van der Waals surface area (Å²) in [5, 5.41) is 3.95. The topological polar surface area (TPSA) is 4.36 Å². The number of terminal acetylenes is 1. The number of benzene rings is 11. The molecule has 11 aromatic rings. The van der Waals surface area contributed by atoms with Crippen LogP contribution >= 0.6 is 181 Å². The van der Waals surface area contributed by atoms with E-state index < -0.39 is 0 Å². The summed E-state index contributed by atoms with van der Waals surface area (Å²) in [6, 6.07) is 65.9. The molecule has 0 bridgehead atoms. The van der Waals surface area contributed by atoms with Gasteiger partial charge in [0.15, 0.2) is 0 Å². The fourth-order valence-electron chi connectivity index (χ4n) is 10.6. The lowest BCUT2D eigenvalue weighted by Gasteiger charge is -2.06. The molecule has 664 valence electrons. The molecule has 11 aromatic carbocycles. The highest BCUT2D eigenvalue weighted by Gasteiger charge is 2.11. The molecule has 0 N–H and O–H groups in total. The summed E-state index contributed by atoms with van der Waals surface area (Å²) in [5.74, 6) is 7.98.